The number of ether oxygens (including phenoxy) is 1. The van der Waals surface area contributed by atoms with Crippen LogP contribution in [0.25, 0.3) is 0 Å². The van der Waals surface area contributed by atoms with Crippen LogP contribution in [0.4, 0.5) is 0 Å². The van der Waals surface area contributed by atoms with E-state index in [9.17, 15) is 4.79 Å². The van der Waals surface area contributed by atoms with E-state index in [1.807, 2.05) is 22.7 Å². The third-order valence-electron chi connectivity index (χ3n) is 4.63. The summed E-state index contributed by atoms with van der Waals surface area (Å²) in [5.74, 6) is 1.95. The molecule has 1 aromatic rings. The summed E-state index contributed by atoms with van der Waals surface area (Å²) in [5.41, 5.74) is 0. The zero-order valence-corrected chi connectivity index (χ0v) is 17.2. The van der Waals surface area contributed by atoms with Gasteiger partial charge in [-0.3, -0.25) is 9.79 Å². The molecule has 2 aliphatic heterocycles. The highest BCUT2D eigenvalue weighted by molar-refractivity contribution is 14.0. The molecule has 3 rings (SSSR count). The summed E-state index contributed by atoms with van der Waals surface area (Å²) in [6, 6.07) is 0. The third kappa shape index (κ3) is 4.84. The molecule has 1 N–H and O–H groups in total. The van der Waals surface area contributed by atoms with E-state index in [0.717, 1.165) is 37.7 Å². The van der Waals surface area contributed by atoms with Gasteiger partial charge in [-0.05, 0) is 12.8 Å². The Hall–Kier alpha value is -1.36. The van der Waals surface area contributed by atoms with Gasteiger partial charge in [0, 0.05) is 59.3 Å². The number of guanidine groups is 1. The molecule has 25 heavy (non-hydrogen) atoms. The van der Waals surface area contributed by atoms with Crippen molar-refractivity contribution in [2.24, 2.45) is 12.0 Å². The lowest BCUT2D eigenvalue weighted by molar-refractivity contribution is -0.142. The molecule has 8 nitrogen and oxygen atoms in total. The lowest BCUT2D eigenvalue weighted by Gasteiger charge is -2.37. The van der Waals surface area contributed by atoms with Gasteiger partial charge in [0.2, 0.25) is 0 Å². The summed E-state index contributed by atoms with van der Waals surface area (Å²) in [6.07, 6.45) is 5.33. The Labute approximate surface area is 165 Å². The van der Waals surface area contributed by atoms with E-state index in [0.29, 0.717) is 26.2 Å². The maximum Gasteiger partial charge on any atom is 0.251 e. The van der Waals surface area contributed by atoms with E-state index >= 15 is 0 Å². The zero-order chi connectivity index (χ0) is 16.9. The predicted octanol–water partition coefficient (Wildman–Crippen LogP) is 0.437. The first-order valence-corrected chi connectivity index (χ1v) is 8.51. The van der Waals surface area contributed by atoms with Crippen molar-refractivity contribution < 1.29 is 9.53 Å². The molecule has 0 aliphatic carbocycles. The Morgan fingerprint density at radius 3 is 2.64 bits per heavy atom. The van der Waals surface area contributed by atoms with Crippen molar-refractivity contribution in [2.75, 3.05) is 39.8 Å². The molecule has 2 aliphatic rings. The molecule has 3 heterocycles. The van der Waals surface area contributed by atoms with Crippen LogP contribution >= 0.6 is 24.0 Å². The van der Waals surface area contributed by atoms with Crippen molar-refractivity contribution >= 4 is 35.8 Å². The highest BCUT2D eigenvalue weighted by Gasteiger charge is 2.30. The number of aliphatic imine (C=N–C) groups is 1. The minimum absolute atomic E-state index is 0. The lowest BCUT2D eigenvalue weighted by atomic mass is 10.2. The van der Waals surface area contributed by atoms with Crippen LogP contribution in [0.1, 0.15) is 18.7 Å². The number of piperazine rings is 1. The summed E-state index contributed by atoms with van der Waals surface area (Å²) in [6.45, 7) is 4.31. The molecule has 1 aromatic heterocycles. The van der Waals surface area contributed by atoms with Gasteiger partial charge in [0.05, 0.1) is 6.54 Å². The first kappa shape index (κ1) is 20.0. The van der Waals surface area contributed by atoms with Crippen molar-refractivity contribution in [3.05, 3.63) is 18.2 Å². The summed E-state index contributed by atoms with van der Waals surface area (Å²) in [4.78, 5) is 25.1. The highest BCUT2D eigenvalue weighted by atomic mass is 127. The Bertz CT molecular complexity index is 591. The SMILES string of the molecule is CN=C(NCc1nccn1C)N1CCN(C(=O)C2CCCO2)CC1.I. The zero-order valence-electron chi connectivity index (χ0n) is 14.8. The van der Waals surface area contributed by atoms with E-state index in [2.05, 4.69) is 20.2 Å². The second kappa shape index (κ2) is 9.37. The number of hydrogen-bond donors (Lipinski definition) is 1. The fraction of sp³-hybridized carbons (Fsp3) is 0.688. The molecule has 2 saturated heterocycles. The van der Waals surface area contributed by atoms with Gasteiger partial charge in [0.25, 0.3) is 5.91 Å². The van der Waals surface area contributed by atoms with Gasteiger partial charge in [0.15, 0.2) is 5.96 Å². The van der Waals surface area contributed by atoms with Gasteiger partial charge < -0.3 is 24.4 Å². The first-order chi connectivity index (χ1) is 11.7. The Morgan fingerprint density at radius 2 is 2.08 bits per heavy atom. The van der Waals surface area contributed by atoms with Crippen molar-refractivity contribution in [2.45, 2.75) is 25.5 Å². The second-order valence-electron chi connectivity index (χ2n) is 6.17. The van der Waals surface area contributed by atoms with Gasteiger partial charge in [-0.15, -0.1) is 24.0 Å². The number of aromatic nitrogens is 2. The number of amides is 1. The highest BCUT2D eigenvalue weighted by Crippen LogP contribution is 2.16. The van der Waals surface area contributed by atoms with Crippen molar-refractivity contribution in [3.63, 3.8) is 0 Å². The number of hydrogen-bond acceptors (Lipinski definition) is 4. The number of aryl methyl sites for hydroxylation is 1. The number of nitrogens with one attached hydrogen (secondary N) is 1. The quantitative estimate of drug-likeness (QED) is 0.401. The molecular formula is C16H27IN6O2. The van der Waals surface area contributed by atoms with Crippen LogP contribution in [-0.2, 0) is 23.1 Å². The normalized spacial score (nSPS) is 21.2. The average molecular weight is 462 g/mol. The predicted molar refractivity (Wildman–Crippen MR) is 106 cm³/mol. The molecule has 1 unspecified atom stereocenters. The Balaban J connectivity index is 0.00000225. The summed E-state index contributed by atoms with van der Waals surface area (Å²) in [5, 5.41) is 3.35. The fourth-order valence-electron chi connectivity index (χ4n) is 3.17. The van der Waals surface area contributed by atoms with Crippen LogP contribution in [0.5, 0.6) is 0 Å². The molecule has 0 bridgehead atoms. The van der Waals surface area contributed by atoms with E-state index in [4.69, 9.17) is 4.74 Å². The molecule has 0 spiro atoms. The van der Waals surface area contributed by atoms with E-state index in [1.54, 1.807) is 13.2 Å². The number of nitrogens with zero attached hydrogens (tertiary/aromatic N) is 5. The Kier molecular flexibility index (Phi) is 7.48. The largest absolute Gasteiger partial charge is 0.368 e. The molecular weight excluding hydrogens is 435 g/mol. The van der Waals surface area contributed by atoms with Crippen molar-refractivity contribution in [1.29, 1.82) is 0 Å². The molecule has 0 radical (unpaired) electrons. The number of carbonyl (C=O) groups excluding carboxylic acids is 1. The molecule has 1 atom stereocenters. The summed E-state index contributed by atoms with van der Waals surface area (Å²) in [7, 11) is 3.76. The topological polar surface area (TPSA) is 75.0 Å². The van der Waals surface area contributed by atoms with Gasteiger partial charge in [-0.25, -0.2) is 4.98 Å². The smallest absolute Gasteiger partial charge is 0.251 e. The minimum Gasteiger partial charge on any atom is -0.368 e. The van der Waals surface area contributed by atoms with Crippen LogP contribution in [0.3, 0.4) is 0 Å². The number of halogens is 1. The van der Waals surface area contributed by atoms with Gasteiger partial charge in [-0.1, -0.05) is 0 Å². The molecule has 0 saturated carbocycles. The van der Waals surface area contributed by atoms with Gasteiger partial charge in [-0.2, -0.15) is 0 Å². The molecule has 0 aromatic carbocycles. The van der Waals surface area contributed by atoms with E-state index < -0.39 is 0 Å². The van der Waals surface area contributed by atoms with Gasteiger partial charge in [0.1, 0.15) is 11.9 Å². The monoisotopic (exact) mass is 462 g/mol. The van der Waals surface area contributed by atoms with Crippen LogP contribution < -0.4 is 5.32 Å². The summed E-state index contributed by atoms with van der Waals surface area (Å²) < 4.78 is 7.49. The maximum atomic E-state index is 12.4. The fourth-order valence-corrected chi connectivity index (χ4v) is 3.17. The van der Waals surface area contributed by atoms with Crippen molar-refractivity contribution in [1.82, 2.24) is 24.7 Å². The number of rotatable bonds is 3. The Morgan fingerprint density at radius 1 is 1.36 bits per heavy atom. The van der Waals surface area contributed by atoms with Crippen LogP contribution in [0, 0.1) is 0 Å². The first-order valence-electron chi connectivity index (χ1n) is 8.51. The van der Waals surface area contributed by atoms with Crippen LogP contribution in [-0.4, -0.2) is 77.2 Å². The molecule has 140 valence electrons. The average Bonchev–Trinajstić information content (AvgIpc) is 3.27. The third-order valence-corrected chi connectivity index (χ3v) is 4.63. The molecule has 1 amide bonds. The van der Waals surface area contributed by atoms with E-state index in [-0.39, 0.29) is 36.0 Å². The number of imidazole rings is 1. The molecule has 9 heteroatoms. The van der Waals surface area contributed by atoms with Gasteiger partial charge >= 0.3 is 0 Å². The second-order valence-corrected chi connectivity index (χ2v) is 6.17. The number of carbonyl (C=O) groups is 1. The standard InChI is InChI=1S/C16H26N6O2.HI/c1-17-16(19-12-14-18-5-6-20(14)2)22-9-7-21(8-10-22)15(23)13-4-3-11-24-13;/h5-6,13H,3-4,7-12H2,1-2H3,(H,17,19);1H. The van der Waals surface area contributed by atoms with Crippen LogP contribution in [0.2, 0.25) is 0 Å². The van der Waals surface area contributed by atoms with E-state index in [1.165, 1.54) is 0 Å². The minimum atomic E-state index is -0.225. The lowest BCUT2D eigenvalue weighted by Crippen LogP contribution is -2.55. The van der Waals surface area contributed by atoms with Crippen molar-refractivity contribution in [3.8, 4) is 0 Å². The van der Waals surface area contributed by atoms with Crippen LogP contribution in [0.15, 0.2) is 17.4 Å². The summed E-state index contributed by atoms with van der Waals surface area (Å²) >= 11 is 0. The molecule has 2 fully saturated rings. The maximum absolute atomic E-state index is 12.4.